The first-order chi connectivity index (χ1) is 22.3. The number of carbonyl (C=O) groups is 2. The molecule has 0 aromatic heterocycles. The number of carbonyl (C=O) groups excluding carboxylic acids is 2. The summed E-state index contributed by atoms with van der Waals surface area (Å²) in [6, 6.07) is 26.2. The Morgan fingerprint density at radius 2 is 1.43 bits per heavy atom. The average Bonchev–Trinajstić information content (AvgIpc) is 3.05. The molecule has 0 radical (unpaired) electrons. The van der Waals surface area contributed by atoms with Crippen LogP contribution in [0.15, 0.2) is 108 Å². The van der Waals surface area contributed by atoms with Gasteiger partial charge in [0.15, 0.2) is 11.5 Å². The zero-order valence-corrected chi connectivity index (χ0v) is 28.0. The third-order valence-electron chi connectivity index (χ3n) is 7.33. The van der Waals surface area contributed by atoms with Crippen LogP contribution in [0.4, 0.5) is 10.1 Å². The molecule has 4 rings (SSSR count). The lowest BCUT2D eigenvalue weighted by atomic mass is 10.0. The standard InChI is InChI=1S/C36H40FN3O6S/c1-36(2,3)38-35(42)31(22-26-14-8-6-9-15-26)39(24-27-16-12-13-19-30(27)37)34(41)25-40(47(43,44)29-17-10-7-11-18-29)28-20-21-32(45-4)33(23-28)46-5/h6-21,23,31H,22,24-25H2,1-5H3,(H,38,42). The molecule has 47 heavy (non-hydrogen) atoms. The molecule has 0 saturated heterocycles. The van der Waals surface area contributed by atoms with Gasteiger partial charge in [0.2, 0.25) is 11.8 Å². The summed E-state index contributed by atoms with van der Waals surface area (Å²) in [4.78, 5) is 29.7. The lowest BCUT2D eigenvalue weighted by Crippen LogP contribution is -2.56. The SMILES string of the molecule is COc1ccc(N(CC(=O)N(Cc2ccccc2F)C(Cc2ccccc2)C(=O)NC(C)(C)C)S(=O)(=O)c2ccccc2)cc1OC. The Morgan fingerprint density at radius 1 is 0.830 bits per heavy atom. The van der Waals surface area contributed by atoms with E-state index in [0.29, 0.717) is 5.75 Å². The second-order valence-electron chi connectivity index (χ2n) is 11.9. The van der Waals surface area contributed by atoms with E-state index in [0.717, 1.165) is 9.87 Å². The molecule has 1 atom stereocenters. The molecule has 248 valence electrons. The van der Waals surface area contributed by atoms with Crippen LogP contribution in [-0.4, -0.2) is 57.5 Å². The number of sulfonamides is 1. The first-order valence-electron chi connectivity index (χ1n) is 15.0. The molecule has 0 aliphatic rings. The van der Waals surface area contributed by atoms with Gasteiger partial charge in [-0.15, -0.1) is 0 Å². The second kappa shape index (κ2) is 15.1. The molecule has 0 heterocycles. The van der Waals surface area contributed by atoms with Crippen molar-refractivity contribution in [3.8, 4) is 11.5 Å². The predicted octanol–water partition coefficient (Wildman–Crippen LogP) is 5.59. The summed E-state index contributed by atoms with van der Waals surface area (Å²) in [6.45, 7) is 4.47. The maximum atomic E-state index is 15.1. The summed E-state index contributed by atoms with van der Waals surface area (Å²) in [7, 11) is -1.46. The molecule has 4 aromatic rings. The fourth-order valence-corrected chi connectivity index (χ4v) is 6.47. The van der Waals surface area contributed by atoms with Crippen molar-refractivity contribution < 1.29 is 31.9 Å². The largest absolute Gasteiger partial charge is 0.493 e. The number of methoxy groups -OCH3 is 2. The van der Waals surface area contributed by atoms with Gasteiger partial charge in [0.25, 0.3) is 10.0 Å². The van der Waals surface area contributed by atoms with Crippen molar-refractivity contribution in [1.82, 2.24) is 10.2 Å². The Labute approximate surface area is 276 Å². The van der Waals surface area contributed by atoms with Gasteiger partial charge >= 0.3 is 0 Å². The highest BCUT2D eigenvalue weighted by molar-refractivity contribution is 7.92. The average molecular weight is 662 g/mol. The molecule has 0 aliphatic carbocycles. The van der Waals surface area contributed by atoms with Crippen LogP contribution in [-0.2, 0) is 32.6 Å². The van der Waals surface area contributed by atoms with Crippen molar-refractivity contribution in [2.75, 3.05) is 25.1 Å². The van der Waals surface area contributed by atoms with Crippen LogP contribution >= 0.6 is 0 Å². The number of nitrogens with one attached hydrogen (secondary N) is 1. The van der Waals surface area contributed by atoms with Gasteiger partial charge in [0.05, 0.1) is 24.8 Å². The van der Waals surface area contributed by atoms with E-state index in [4.69, 9.17) is 9.47 Å². The molecule has 0 spiro atoms. The highest BCUT2D eigenvalue weighted by Crippen LogP contribution is 2.34. The summed E-state index contributed by atoms with van der Waals surface area (Å²) < 4.78 is 55.2. The summed E-state index contributed by atoms with van der Waals surface area (Å²) in [5, 5.41) is 2.96. The molecular formula is C36H40FN3O6S. The maximum absolute atomic E-state index is 15.1. The van der Waals surface area contributed by atoms with Gasteiger partial charge in [-0.1, -0.05) is 66.7 Å². The number of amides is 2. The molecule has 4 aromatic carbocycles. The zero-order valence-electron chi connectivity index (χ0n) is 27.1. The van der Waals surface area contributed by atoms with Crippen LogP contribution < -0.4 is 19.1 Å². The number of hydrogen-bond donors (Lipinski definition) is 1. The van der Waals surface area contributed by atoms with Crippen molar-refractivity contribution in [2.45, 2.75) is 50.2 Å². The topological polar surface area (TPSA) is 105 Å². The Bertz CT molecular complexity index is 1780. The van der Waals surface area contributed by atoms with Crippen molar-refractivity contribution in [2.24, 2.45) is 0 Å². The van der Waals surface area contributed by atoms with Gasteiger partial charge in [-0.2, -0.15) is 0 Å². The quantitative estimate of drug-likeness (QED) is 0.200. The van der Waals surface area contributed by atoms with Crippen LogP contribution in [0, 0.1) is 5.82 Å². The van der Waals surface area contributed by atoms with Gasteiger partial charge in [0, 0.05) is 30.1 Å². The molecule has 11 heteroatoms. The van der Waals surface area contributed by atoms with Gasteiger partial charge in [-0.25, -0.2) is 12.8 Å². The molecule has 0 saturated carbocycles. The normalized spacial score (nSPS) is 12.1. The lowest BCUT2D eigenvalue weighted by Gasteiger charge is -2.35. The van der Waals surface area contributed by atoms with Gasteiger partial charge in [-0.05, 0) is 56.7 Å². The number of hydrogen-bond acceptors (Lipinski definition) is 6. The number of rotatable bonds is 13. The third kappa shape index (κ3) is 8.88. The van der Waals surface area contributed by atoms with E-state index in [2.05, 4.69) is 5.32 Å². The van der Waals surface area contributed by atoms with E-state index in [1.54, 1.807) is 24.3 Å². The van der Waals surface area contributed by atoms with Crippen LogP contribution in [0.2, 0.25) is 0 Å². The van der Waals surface area contributed by atoms with Crippen LogP contribution in [0.3, 0.4) is 0 Å². The molecule has 0 fully saturated rings. The number of halogens is 1. The van der Waals surface area contributed by atoms with Crippen LogP contribution in [0.5, 0.6) is 11.5 Å². The highest BCUT2D eigenvalue weighted by atomic mass is 32.2. The minimum Gasteiger partial charge on any atom is -0.493 e. The molecule has 9 nitrogen and oxygen atoms in total. The predicted molar refractivity (Wildman–Crippen MR) is 179 cm³/mol. The summed E-state index contributed by atoms with van der Waals surface area (Å²) in [5.41, 5.74) is 0.415. The Kier molecular flexibility index (Phi) is 11.3. The Hall–Kier alpha value is -4.90. The highest BCUT2D eigenvalue weighted by Gasteiger charge is 2.36. The van der Waals surface area contributed by atoms with E-state index >= 15 is 4.39 Å². The molecule has 1 unspecified atom stereocenters. The minimum absolute atomic E-state index is 0.0467. The smallest absolute Gasteiger partial charge is 0.264 e. The van der Waals surface area contributed by atoms with E-state index in [-0.39, 0.29) is 34.9 Å². The molecule has 2 amide bonds. The first kappa shape index (κ1) is 35.0. The summed E-state index contributed by atoms with van der Waals surface area (Å²) in [6.07, 6.45) is 0.102. The van der Waals surface area contributed by atoms with Crippen LogP contribution in [0.25, 0.3) is 0 Å². The maximum Gasteiger partial charge on any atom is 0.264 e. The summed E-state index contributed by atoms with van der Waals surface area (Å²) >= 11 is 0. The fraction of sp³-hybridized carbons (Fsp3) is 0.278. The molecule has 1 N–H and O–H groups in total. The molecule has 0 aliphatic heterocycles. The lowest BCUT2D eigenvalue weighted by molar-refractivity contribution is -0.140. The monoisotopic (exact) mass is 661 g/mol. The Balaban J connectivity index is 1.86. The van der Waals surface area contributed by atoms with E-state index in [1.807, 2.05) is 51.1 Å². The van der Waals surface area contributed by atoms with E-state index in [9.17, 15) is 18.0 Å². The van der Waals surface area contributed by atoms with Crippen molar-refractivity contribution in [3.05, 3.63) is 120 Å². The third-order valence-corrected chi connectivity index (χ3v) is 9.12. The minimum atomic E-state index is -4.33. The molecule has 0 bridgehead atoms. The summed E-state index contributed by atoms with van der Waals surface area (Å²) in [5.74, 6) is -1.13. The molecular weight excluding hydrogens is 621 g/mol. The van der Waals surface area contributed by atoms with E-state index < -0.39 is 45.8 Å². The Morgan fingerprint density at radius 3 is 2.02 bits per heavy atom. The van der Waals surface area contributed by atoms with Crippen molar-refractivity contribution >= 4 is 27.5 Å². The number of ether oxygens (including phenoxy) is 2. The van der Waals surface area contributed by atoms with Gasteiger partial charge in [0.1, 0.15) is 18.4 Å². The zero-order chi connectivity index (χ0) is 34.2. The number of anilines is 1. The van der Waals surface area contributed by atoms with Crippen molar-refractivity contribution in [1.29, 1.82) is 0 Å². The number of nitrogens with zero attached hydrogens (tertiary/aromatic N) is 2. The van der Waals surface area contributed by atoms with E-state index in [1.165, 1.54) is 67.7 Å². The van der Waals surface area contributed by atoms with Gasteiger partial charge in [-0.3, -0.25) is 13.9 Å². The second-order valence-corrected chi connectivity index (χ2v) is 13.8. The van der Waals surface area contributed by atoms with Crippen molar-refractivity contribution in [3.63, 3.8) is 0 Å². The van der Waals surface area contributed by atoms with Gasteiger partial charge < -0.3 is 19.7 Å². The first-order valence-corrected chi connectivity index (χ1v) is 16.5. The fourth-order valence-electron chi connectivity index (χ4n) is 5.05. The van der Waals surface area contributed by atoms with Crippen LogP contribution in [0.1, 0.15) is 31.9 Å². The number of benzene rings is 4.